The van der Waals surface area contributed by atoms with Gasteiger partial charge in [-0.1, -0.05) is 30.3 Å². The minimum absolute atomic E-state index is 0.0831. The van der Waals surface area contributed by atoms with Gasteiger partial charge in [0, 0.05) is 12.3 Å². The van der Waals surface area contributed by atoms with Crippen molar-refractivity contribution in [2.24, 2.45) is 0 Å². The molecule has 4 rings (SSSR count). The van der Waals surface area contributed by atoms with Crippen LogP contribution in [0.3, 0.4) is 0 Å². The van der Waals surface area contributed by atoms with Crippen LogP contribution in [0.25, 0.3) is 22.4 Å². The Morgan fingerprint density at radius 2 is 1.77 bits per heavy atom. The molecular weight excluding hydrogens is 334 g/mol. The minimum Gasteiger partial charge on any atom is -0.422 e. The number of anilines is 1. The van der Waals surface area contributed by atoms with Crippen LogP contribution in [0.2, 0.25) is 0 Å². The summed E-state index contributed by atoms with van der Waals surface area (Å²) in [7, 11) is 0. The molecule has 0 aliphatic carbocycles. The summed E-state index contributed by atoms with van der Waals surface area (Å²) in [4.78, 5) is 24.8. The van der Waals surface area contributed by atoms with Crippen LogP contribution >= 0.6 is 0 Å². The maximum atomic E-state index is 12.6. The molecule has 0 spiro atoms. The number of hydrogen-bond donors (Lipinski definition) is 1. The number of aromatic nitrogens is 2. The van der Waals surface area contributed by atoms with Gasteiger partial charge in [0.1, 0.15) is 11.1 Å². The van der Waals surface area contributed by atoms with Crippen LogP contribution in [0.1, 0.15) is 16.2 Å². The Kier molecular flexibility index (Phi) is 3.81. The van der Waals surface area contributed by atoms with Crippen LogP contribution in [-0.2, 0) is 0 Å². The van der Waals surface area contributed by atoms with Crippen molar-refractivity contribution in [3.05, 3.63) is 76.5 Å². The number of nitrogens with one attached hydrogen (secondary N) is 1. The molecule has 2 aromatic carbocycles. The van der Waals surface area contributed by atoms with Gasteiger partial charge in [0.15, 0.2) is 0 Å². The van der Waals surface area contributed by atoms with Crippen LogP contribution in [0.5, 0.6) is 0 Å². The van der Waals surface area contributed by atoms with Gasteiger partial charge >= 0.3 is 5.63 Å². The summed E-state index contributed by atoms with van der Waals surface area (Å²) in [6, 6.07) is 15.5. The largest absolute Gasteiger partial charge is 0.422 e. The fourth-order valence-electron chi connectivity index (χ4n) is 2.59. The number of carbonyl (C=O) groups excluding carboxylic acids is 1. The van der Waals surface area contributed by atoms with E-state index in [9.17, 15) is 9.59 Å². The number of nitrogens with zero attached hydrogens (tertiary/aromatic N) is 2. The van der Waals surface area contributed by atoms with Gasteiger partial charge < -0.3 is 14.2 Å². The van der Waals surface area contributed by atoms with Crippen molar-refractivity contribution in [3.8, 4) is 11.5 Å². The highest BCUT2D eigenvalue weighted by atomic mass is 16.4. The maximum absolute atomic E-state index is 12.6. The fourth-order valence-corrected chi connectivity index (χ4v) is 2.59. The first kappa shape index (κ1) is 15.8. The third kappa shape index (κ3) is 2.86. The minimum atomic E-state index is -0.702. The second-order valence-corrected chi connectivity index (χ2v) is 5.61. The molecule has 0 bridgehead atoms. The molecule has 1 amide bonds. The molecule has 0 atom stereocenters. The van der Waals surface area contributed by atoms with Crippen LogP contribution in [-0.4, -0.2) is 16.1 Å². The number of benzene rings is 2. The molecule has 7 nitrogen and oxygen atoms in total. The van der Waals surface area contributed by atoms with Gasteiger partial charge in [-0.25, -0.2) is 4.79 Å². The molecule has 7 heteroatoms. The van der Waals surface area contributed by atoms with Crippen molar-refractivity contribution in [3.63, 3.8) is 0 Å². The quantitative estimate of drug-likeness (QED) is 0.570. The molecule has 0 saturated carbocycles. The number of rotatable bonds is 3. The predicted octanol–water partition coefficient (Wildman–Crippen LogP) is 3.40. The zero-order chi connectivity index (χ0) is 18.1. The molecule has 0 saturated heterocycles. The highest BCUT2D eigenvalue weighted by Crippen LogP contribution is 2.27. The van der Waals surface area contributed by atoms with Crippen LogP contribution < -0.4 is 10.9 Å². The van der Waals surface area contributed by atoms with Crippen LogP contribution in [0.4, 0.5) is 5.69 Å². The first-order valence-corrected chi connectivity index (χ1v) is 7.85. The molecule has 4 aromatic rings. The van der Waals surface area contributed by atoms with Gasteiger partial charge in [0.2, 0.25) is 11.8 Å². The maximum Gasteiger partial charge on any atom is 0.349 e. The lowest BCUT2D eigenvalue weighted by molar-refractivity contribution is 0.102. The summed E-state index contributed by atoms with van der Waals surface area (Å²) in [6.07, 6.45) is 0. The van der Waals surface area contributed by atoms with Crippen molar-refractivity contribution in [1.82, 2.24) is 10.2 Å². The Morgan fingerprint density at radius 3 is 2.58 bits per heavy atom. The van der Waals surface area contributed by atoms with Crippen molar-refractivity contribution in [1.29, 1.82) is 0 Å². The number of amides is 1. The highest BCUT2D eigenvalue weighted by molar-refractivity contribution is 6.06. The zero-order valence-electron chi connectivity index (χ0n) is 13.7. The smallest absolute Gasteiger partial charge is 0.349 e. The average Bonchev–Trinajstić information content (AvgIpc) is 3.07. The second-order valence-electron chi connectivity index (χ2n) is 5.61. The third-order valence-electron chi connectivity index (χ3n) is 3.82. The molecule has 0 aliphatic heterocycles. The summed E-state index contributed by atoms with van der Waals surface area (Å²) in [5.74, 6) is 0.119. The Hall–Kier alpha value is -3.74. The van der Waals surface area contributed by atoms with Gasteiger partial charge in [-0.15, -0.1) is 10.2 Å². The van der Waals surface area contributed by atoms with E-state index in [0.29, 0.717) is 28.1 Å². The van der Waals surface area contributed by atoms with Crippen molar-refractivity contribution >= 4 is 22.6 Å². The van der Waals surface area contributed by atoms with Gasteiger partial charge in [-0.2, -0.15) is 0 Å². The molecule has 2 aromatic heterocycles. The normalized spacial score (nSPS) is 10.8. The summed E-state index contributed by atoms with van der Waals surface area (Å²) in [5.41, 5.74) is 0.656. The monoisotopic (exact) mass is 347 g/mol. The molecule has 2 heterocycles. The molecule has 128 valence electrons. The predicted molar refractivity (Wildman–Crippen MR) is 94.9 cm³/mol. The molecule has 0 fully saturated rings. The van der Waals surface area contributed by atoms with Gasteiger partial charge in [0.25, 0.3) is 5.91 Å². The van der Waals surface area contributed by atoms with E-state index in [4.69, 9.17) is 8.83 Å². The first-order chi connectivity index (χ1) is 12.6. The molecule has 0 radical (unpaired) electrons. The van der Waals surface area contributed by atoms with Crippen molar-refractivity contribution in [2.75, 3.05) is 5.32 Å². The lowest BCUT2D eigenvalue weighted by atomic mass is 10.1. The number of fused-ring (bicyclic) bond motifs is 1. The molecule has 0 aliphatic rings. The molecule has 0 unspecified atom stereocenters. The SMILES string of the molecule is Cc1nnc(-c2ccccc2NC(=O)c2cc3ccccc3oc2=O)o1. The second kappa shape index (κ2) is 6.29. The molecular formula is C19H13N3O4. The van der Waals surface area contributed by atoms with E-state index in [2.05, 4.69) is 15.5 Å². The standard InChI is InChI=1S/C19H13N3O4/c1-11-21-22-18(25-11)13-7-3-4-8-15(13)20-17(23)14-10-12-6-2-5-9-16(12)26-19(14)24/h2-10H,1H3,(H,20,23). The Morgan fingerprint density at radius 1 is 1.00 bits per heavy atom. The van der Waals surface area contributed by atoms with Gasteiger partial charge in [-0.3, -0.25) is 4.79 Å². The molecule has 26 heavy (non-hydrogen) atoms. The number of aryl methyl sites for hydroxylation is 1. The van der Waals surface area contributed by atoms with Gasteiger partial charge in [-0.05, 0) is 24.3 Å². The topological polar surface area (TPSA) is 98.2 Å². The van der Waals surface area contributed by atoms with Crippen LogP contribution in [0, 0.1) is 6.92 Å². The summed E-state index contributed by atoms with van der Waals surface area (Å²) < 4.78 is 10.6. The van der Waals surface area contributed by atoms with Crippen molar-refractivity contribution in [2.45, 2.75) is 6.92 Å². The van der Waals surface area contributed by atoms with E-state index >= 15 is 0 Å². The molecule has 1 N–H and O–H groups in total. The van der Waals surface area contributed by atoms with Gasteiger partial charge in [0.05, 0.1) is 11.3 Å². The summed E-state index contributed by atoms with van der Waals surface area (Å²) in [6.45, 7) is 1.68. The first-order valence-electron chi connectivity index (χ1n) is 7.85. The fraction of sp³-hybridized carbons (Fsp3) is 0.0526. The Balaban J connectivity index is 1.72. The number of carbonyl (C=O) groups is 1. The lowest BCUT2D eigenvalue weighted by Crippen LogP contribution is -2.21. The van der Waals surface area contributed by atoms with Crippen LogP contribution in [0.15, 0.2) is 68.2 Å². The van der Waals surface area contributed by atoms with E-state index < -0.39 is 11.5 Å². The zero-order valence-corrected chi connectivity index (χ0v) is 13.7. The Bertz CT molecular complexity index is 1180. The van der Waals surface area contributed by atoms with E-state index in [1.54, 1.807) is 55.5 Å². The average molecular weight is 347 g/mol. The number of para-hydroxylation sites is 2. The van der Waals surface area contributed by atoms with E-state index in [-0.39, 0.29) is 11.5 Å². The lowest BCUT2D eigenvalue weighted by Gasteiger charge is -2.08. The number of hydrogen-bond acceptors (Lipinski definition) is 6. The van der Waals surface area contributed by atoms with E-state index in [1.807, 2.05) is 0 Å². The van der Waals surface area contributed by atoms with Crippen molar-refractivity contribution < 1.29 is 13.6 Å². The third-order valence-corrected chi connectivity index (χ3v) is 3.82. The van der Waals surface area contributed by atoms with E-state index in [1.165, 1.54) is 6.07 Å². The summed E-state index contributed by atoms with van der Waals surface area (Å²) >= 11 is 0. The highest BCUT2D eigenvalue weighted by Gasteiger charge is 2.17. The summed E-state index contributed by atoms with van der Waals surface area (Å²) in [5, 5.41) is 11.1. The Labute approximate surface area is 147 Å². The van der Waals surface area contributed by atoms with E-state index in [0.717, 1.165) is 0 Å².